The monoisotopic (exact) mass is 1500 g/mol. The standard InChI is InChI=1S/C22H20N2O7.2C11H11NO4.4ClH.4H2N.2H2O.2Pt/c25-13(7-23-19(27)15-9-1-2-10(5-9)16(15)20(23)28)31-14(26)8-24-21(29)17-11-3-4-12(6-11)18(17)22(24)30;2*13-7(14)4-12-10(15)8-5-1-2-6(3-5)9(8)11(12)16;;;;;;;;;;;;/h1-4,9-12,15-18H,5-8H2;2*1-2,5-6,8-9H,3-4H2,(H,13,14);4*1H;6*1H2;;/q;;;;;;;4*-1;;;2*+4/p-4/t9-,10+,11-,12+,15+,16-,17+,18-;2*5-,6+,8+,9-;;;;;;;;;;;;. The molecule has 4 aliphatic heterocycles. The summed E-state index contributed by atoms with van der Waals surface area (Å²) in [4.78, 5) is 147. The van der Waals surface area contributed by atoms with E-state index in [0.29, 0.717) is 0 Å². The molecule has 0 spiro atoms. The molecule has 0 aromatic heterocycles. The Morgan fingerprint density at radius 1 is 0.387 bits per heavy atom. The first-order valence-corrected chi connectivity index (χ1v) is 33.1. The molecule has 0 aromatic rings. The number of hydrogen-bond donors (Lipinski definition) is 2. The molecule has 420 valence electrons. The molecule has 0 unspecified atom stereocenters. The summed E-state index contributed by atoms with van der Waals surface area (Å²) in [7, 11) is 19.5. The molecular formula is C44H54Cl4N8O17Pt2. The van der Waals surface area contributed by atoms with Crippen LogP contribution in [0.15, 0.2) is 48.6 Å². The number of carboxylic acid groups (broad SMARTS) is 2. The molecule has 12 aliphatic rings. The van der Waals surface area contributed by atoms with E-state index in [1.54, 1.807) is 0 Å². The minimum Gasteiger partial charge on any atom is -0.693 e. The Bertz CT molecular complexity index is 2170. The van der Waals surface area contributed by atoms with Gasteiger partial charge in [0.2, 0.25) is 47.3 Å². The molecule has 4 saturated heterocycles. The number of halogens is 4. The van der Waals surface area contributed by atoms with Crippen molar-refractivity contribution in [1.82, 2.24) is 19.6 Å². The first-order chi connectivity index (χ1) is 32.9. The van der Waals surface area contributed by atoms with Crippen LogP contribution in [0, 0.1) is 94.7 Å². The third-order valence-corrected chi connectivity index (χ3v) is 15.6. The zero-order valence-corrected chi connectivity index (χ0v) is 46.5. The summed E-state index contributed by atoms with van der Waals surface area (Å²) in [6, 6.07) is 0. The number of ether oxygens (including phenoxy) is 1. The number of nitrogens with zero attached hydrogens (tertiary/aromatic N) is 4. The molecule has 8 bridgehead atoms. The molecule has 4 saturated carbocycles. The molecule has 16 atom stereocenters. The summed E-state index contributed by atoms with van der Waals surface area (Å²) in [5.41, 5.74) is 0. The molecule has 8 amide bonds. The van der Waals surface area contributed by atoms with Gasteiger partial charge >= 0.3 is 94.5 Å². The number of amides is 8. The Morgan fingerprint density at radius 3 is 0.680 bits per heavy atom. The van der Waals surface area contributed by atoms with Crippen molar-refractivity contribution < 1.29 is 116 Å². The van der Waals surface area contributed by atoms with Crippen molar-refractivity contribution in [3.05, 3.63) is 73.2 Å². The quantitative estimate of drug-likeness (QED) is 0.152. The van der Waals surface area contributed by atoms with Gasteiger partial charge in [-0.05, 0) is 73.0 Å². The second-order valence-electron chi connectivity index (χ2n) is 18.8. The maximum Gasteiger partial charge on any atom is -0.693 e. The Kier molecular flexibility index (Phi) is 24.1. The van der Waals surface area contributed by atoms with Crippen LogP contribution in [-0.4, -0.2) is 138 Å². The average molecular weight is 1500 g/mol. The van der Waals surface area contributed by atoms with Crippen molar-refractivity contribution >= 4 is 109 Å². The molecule has 31 heteroatoms. The number of esters is 2. The topological polar surface area (TPSA) is 464 Å². The Morgan fingerprint density at radius 2 is 0.533 bits per heavy atom. The van der Waals surface area contributed by atoms with Gasteiger partial charge in [-0.25, -0.2) is 9.59 Å². The number of carboxylic acids is 2. The zero-order chi connectivity index (χ0) is 49.9. The fourth-order valence-electron chi connectivity index (χ4n) is 13.2. The van der Waals surface area contributed by atoms with Gasteiger partial charge in [-0.2, -0.15) is 0 Å². The third-order valence-electron chi connectivity index (χ3n) is 15.6. The van der Waals surface area contributed by atoms with Crippen LogP contribution in [0.1, 0.15) is 25.7 Å². The Labute approximate surface area is 461 Å². The zero-order valence-electron chi connectivity index (χ0n) is 39.0. The van der Waals surface area contributed by atoms with Crippen LogP contribution >= 0.6 is 37.7 Å². The molecule has 8 fully saturated rings. The smallest absolute Gasteiger partial charge is 0.693 e. The van der Waals surface area contributed by atoms with Crippen molar-refractivity contribution in [3.8, 4) is 0 Å². The fourth-order valence-corrected chi connectivity index (χ4v) is 13.2. The minimum absolute atomic E-state index is 0. The minimum atomic E-state index is -1.14. The molecule has 75 heavy (non-hydrogen) atoms. The number of aliphatic carboxylic acids is 2. The van der Waals surface area contributed by atoms with Gasteiger partial charge in [0.15, 0.2) is 0 Å². The van der Waals surface area contributed by atoms with Crippen LogP contribution in [0.5, 0.6) is 0 Å². The molecule has 0 radical (unpaired) electrons. The normalized spacial score (nSPS) is 34.5. The summed E-state index contributed by atoms with van der Waals surface area (Å²) in [6.45, 7) is -2.28. The molecule has 25 nitrogen and oxygen atoms in total. The SMILES string of the molecule is O.O.O=C(CN1C(=O)[C@@H]2[C@H](C1=O)[C@H]1C=C[C@@H]2C1)OC(=O)CN1C(=O)[C@@H]2[C@H](C1=O)[C@H]1C=C[C@@H]2C1.O=C(O)CN1C(=O)[C@@H]2[C@H](C1=O)[C@H]1C=C[C@@H]2C1.O=C(O)CN1C(=O)[C@@H]2[C@H](C1=O)[C@H]1C=C[C@@H]2C1.[Cl][Pt+2][Cl].[Cl][Pt+2][Cl].[NH2-].[NH2-].[NH2-].[NH2-]. The van der Waals surface area contributed by atoms with Crippen molar-refractivity contribution in [1.29, 1.82) is 0 Å². The second-order valence-corrected chi connectivity index (χ2v) is 25.3. The molecule has 4 heterocycles. The summed E-state index contributed by atoms with van der Waals surface area (Å²) in [6.07, 6.45) is 19.0. The van der Waals surface area contributed by atoms with E-state index in [1.165, 1.54) is 0 Å². The summed E-state index contributed by atoms with van der Waals surface area (Å²) < 4.78 is 4.75. The van der Waals surface area contributed by atoms with Crippen molar-refractivity contribution in [2.75, 3.05) is 26.2 Å². The van der Waals surface area contributed by atoms with Crippen molar-refractivity contribution in [2.24, 2.45) is 94.7 Å². The van der Waals surface area contributed by atoms with Gasteiger partial charge in [-0.1, -0.05) is 48.6 Å². The number of carbonyl (C=O) groups excluding carboxylic acids is 10. The Hall–Kier alpha value is -4.10. The number of likely N-dealkylation sites (tertiary alicyclic amines) is 4. The van der Waals surface area contributed by atoms with Crippen LogP contribution in [0.2, 0.25) is 0 Å². The molecule has 12 rings (SSSR count). The first-order valence-electron chi connectivity index (χ1n) is 21.8. The first kappa shape index (κ1) is 67.0. The summed E-state index contributed by atoms with van der Waals surface area (Å²) in [5, 5.41) is 17.3. The van der Waals surface area contributed by atoms with Gasteiger partial charge < -0.3 is 50.5 Å². The number of hydrogen-bond acceptors (Lipinski definition) is 13. The van der Waals surface area contributed by atoms with E-state index in [2.05, 4.69) is 0 Å². The van der Waals surface area contributed by atoms with Crippen LogP contribution < -0.4 is 0 Å². The van der Waals surface area contributed by atoms with Crippen LogP contribution in [0.3, 0.4) is 0 Å². The van der Waals surface area contributed by atoms with Gasteiger partial charge in [0.1, 0.15) is 26.2 Å². The van der Waals surface area contributed by atoms with E-state index in [4.69, 9.17) is 52.6 Å². The number of carbonyl (C=O) groups is 12. The van der Waals surface area contributed by atoms with E-state index in [9.17, 15) is 57.5 Å². The maximum atomic E-state index is 12.6. The fraction of sp³-hybridized carbons (Fsp3) is 0.545. The van der Waals surface area contributed by atoms with Crippen LogP contribution in [0.4, 0.5) is 0 Å². The molecular weight excluding hydrogens is 1440 g/mol. The number of nitrogens with two attached hydrogens (primary N) is 4. The number of rotatable bonds is 8. The molecule has 8 aliphatic carbocycles. The van der Waals surface area contributed by atoms with E-state index in [0.717, 1.165) is 45.3 Å². The predicted octanol–water partition coefficient (Wildman–Crippen LogP) is 3.40. The largest absolute Gasteiger partial charge is 0.693 e. The van der Waals surface area contributed by atoms with E-state index < -0.39 is 130 Å². The number of imide groups is 4. The van der Waals surface area contributed by atoms with Gasteiger partial charge in [-0.3, -0.25) is 67.5 Å². The van der Waals surface area contributed by atoms with Crippen LogP contribution in [0.25, 0.3) is 24.6 Å². The van der Waals surface area contributed by atoms with E-state index >= 15 is 0 Å². The maximum absolute atomic E-state index is 12.6. The molecule has 0 aromatic carbocycles. The van der Waals surface area contributed by atoms with Gasteiger partial charge in [0.25, 0.3) is 0 Å². The van der Waals surface area contributed by atoms with Gasteiger partial charge in [0, 0.05) is 0 Å². The van der Waals surface area contributed by atoms with Crippen molar-refractivity contribution in [2.45, 2.75) is 25.7 Å². The summed E-state index contributed by atoms with van der Waals surface area (Å²) in [5.74, 6) is -9.43. The second kappa shape index (κ2) is 27.0. The number of allylic oxidation sites excluding steroid dienone is 8. The Balaban J connectivity index is 0.000000376. The number of fused-ring (bicyclic) bond motifs is 20. The van der Waals surface area contributed by atoms with E-state index in [1.807, 2.05) is 48.6 Å². The van der Waals surface area contributed by atoms with Gasteiger partial charge in [-0.15, -0.1) is 0 Å². The predicted molar refractivity (Wildman–Crippen MR) is 256 cm³/mol. The summed E-state index contributed by atoms with van der Waals surface area (Å²) >= 11 is -0.944. The third kappa shape index (κ3) is 12.0. The average Bonchev–Trinajstić information content (AvgIpc) is 4.15. The van der Waals surface area contributed by atoms with Crippen LogP contribution in [-0.2, 0) is 95.2 Å². The van der Waals surface area contributed by atoms with Gasteiger partial charge in [0.05, 0.1) is 47.3 Å². The van der Waals surface area contributed by atoms with E-state index in [-0.39, 0.29) is 130 Å². The molecule has 14 N–H and O–H groups in total. The van der Waals surface area contributed by atoms with Crippen molar-refractivity contribution in [3.63, 3.8) is 0 Å².